The van der Waals surface area contributed by atoms with Crippen molar-refractivity contribution in [2.24, 2.45) is 0 Å². The number of aromatic nitrogens is 3. The summed E-state index contributed by atoms with van der Waals surface area (Å²) in [7, 11) is 0. The number of halogens is 1. The number of anilines is 1. The second-order valence-corrected chi connectivity index (χ2v) is 7.55. The van der Waals surface area contributed by atoms with Gasteiger partial charge < -0.3 is 4.42 Å². The standard InChI is InChI=1S/C17H11ClN4O2S2/c18-11-6-7-13-12(8-11)19-17(24-13)25-9-14(23)20-16-22-21-15(26-16)10-4-2-1-3-5-10/h1-8H,9H2,(H,20,22,23). The number of fused-ring (bicyclic) bond motifs is 1. The molecular formula is C17H11ClN4O2S2. The topological polar surface area (TPSA) is 80.9 Å². The molecule has 0 atom stereocenters. The van der Waals surface area contributed by atoms with Gasteiger partial charge in [-0.2, -0.15) is 0 Å². The molecule has 0 unspecified atom stereocenters. The summed E-state index contributed by atoms with van der Waals surface area (Å²) in [6.07, 6.45) is 0. The van der Waals surface area contributed by atoms with Gasteiger partial charge in [0.2, 0.25) is 11.0 Å². The molecule has 26 heavy (non-hydrogen) atoms. The van der Waals surface area contributed by atoms with E-state index in [0.717, 1.165) is 10.6 Å². The highest BCUT2D eigenvalue weighted by Crippen LogP contribution is 2.27. The van der Waals surface area contributed by atoms with Crippen molar-refractivity contribution in [3.8, 4) is 10.6 Å². The Balaban J connectivity index is 1.37. The van der Waals surface area contributed by atoms with Gasteiger partial charge in [-0.1, -0.05) is 65.0 Å². The summed E-state index contributed by atoms with van der Waals surface area (Å²) < 4.78 is 5.57. The van der Waals surface area contributed by atoms with Gasteiger partial charge in [0.25, 0.3) is 5.22 Å². The third kappa shape index (κ3) is 3.87. The van der Waals surface area contributed by atoms with Crippen LogP contribution in [0.5, 0.6) is 0 Å². The van der Waals surface area contributed by atoms with Crippen LogP contribution in [0.1, 0.15) is 0 Å². The van der Waals surface area contributed by atoms with Crippen LogP contribution in [0.2, 0.25) is 5.02 Å². The molecule has 130 valence electrons. The Morgan fingerprint density at radius 1 is 1.19 bits per heavy atom. The lowest BCUT2D eigenvalue weighted by molar-refractivity contribution is -0.113. The fourth-order valence-electron chi connectivity index (χ4n) is 2.19. The van der Waals surface area contributed by atoms with Crippen molar-refractivity contribution in [2.45, 2.75) is 5.22 Å². The molecule has 4 aromatic rings. The summed E-state index contributed by atoms with van der Waals surface area (Å²) in [5, 5.41) is 13.1. The Bertz CT molecular complexity index is 1070. The van der Waals surface area contributed by atoms with Crippen LogP contribution in [0.4, 0.5) is 5.13 Å². The first-order chi connectivity index (χ1) is 12.7. The van der Waals surface area contributed by atoms with Crippen molar-refractivity contribution in [3.63, 3.8) is 0 Å². The average Bonchev–Trinajstić information content (AvgIpc) is 3.27. The Morgan fingerprint density at radius 3 is 2.88 bits per heavy atom. The van der Waals surface area contributed by atoms with Gasteiger partial charge in [0.15, 0.2) is 5.58 Å². The first-order valence-corrected chi connectivity index (χ1v) is 9.73. The summed E-state index contributed by atoms with van der Waals surface area (Å²) in [4.78, 5) is 16.4. The minimum atomic E-state index is -0.203. The third-order valence-corrected chi connectivity index (χ3v) is 5.30. The summed E-state index contributed by atoms with van der Waals surface area (Å²) in [6, 6.07) is 14.9. The summed E-state index contributed by atoms with van der Waals surface area (Å²) in [6.45, 7) is 0. The average molecular weight is 403 g/mol. The van der Waals surface area contributed by atoms with Crippen LogP contribution >= 0.6 is 34.7 Å². The van der Waals surface area contributed by atoms with E-state index in [1.54, 1.807) is 18.2 Å². The predicted octanol–water partition coefficient (Wildman–Crippen LogP) is 4.73. The number of oxazole rings is 1. The van der Waals surface area contributed by atoms with Crippen molar-refractivity contribution < 1.29 is 9.21 Å². The molecule has 0 saturated heterocycles. The maximum absolute atomic E-state index is 12.1. The fraction of sp³-hybridized carbons (Fsp3) is 0.0588. The Labute approximate surface area is 161 Å². The molecule has 1 amide bonds. The van der Waals surface area contributed by atoms with Crippen LogP contribution in [-0.4, -0.2) is 26.8 Å². The highest BCUT2D eigenvalue weighted by atomic mass is 35.5. The zero-order chi connectivity index (χ0) is 17.9. The lowest BCUT2D eigenvalue weighted by Crippen LogP contribution is -2.13. The van der Waals surface area contributed by atoms with Crippen LogP contribution in [0.25, 0.3) is 21.7 Å². The van der Waals surface area contributed by atoms with E-state index < -0.39 is 0 Å². The van der Waals surface area contributed by atoms with Crippen LogP contribution in [0, 0.1) is 0 Å². The van der Waals surface area contributed by atoms with E-state index in [9.17, 15) is 4.79 Å². The number of thioether (sulfide) groups is 1. The number of carbonyl (C=O) groups is 1. The molecule has 1 N–H and O–H groups in total. The molecule has 6 nitrogen and oxygen atoms in total. The number of rotatable bonds is 5. The van der Waals surface area contributed by atoms with Crippen molar-refractivity contribution >= 4 is 56.8 Å². The van der Waals surface area contributed by atoms with E-state index in [2.05, 4.69) is 20.5 Å². The van der Waals surface area contributed by atoms with E-state index in [1.807, 2.05) is 30.3 Å². The smallest absolute Gasteiger partial charge is 0.257 e. The molecule has 9 heteroatoms. The van der Waals surface area contributed by atoms with Gasteiger partial charge in [0.05, 0.1) is 5.75 Å². The molecule has 2 heterocycles. The Hall–Kier alpha value is -2.42. The molecule has 0 aliphatic heterocycles. The van der Waals surface area contributed by atoms with Gasteiger partial charge in [0, 0.05) is 10.6 Å². The monoisotopic (exact) mass is 402 g/mol. The largest absolute Gasteiger partial charge is 0.431 e. The normalized spacial score (nSPS) is 11.0. The molecule has 0 bridgehead atoms. The zero-order valence-corrected chi connectivity index (χ0v) is 15.6. The highest BCUT2D eigenvalue weighted by molar-refractivity contribution is 7.99. The van der Waals surface area contributed by atoms with Crippen molar-refractivity contribution in [1.82, 2.24) is 15.2 Å². The summed E-state index contributed by atoms with van der Waals surface area (Å²) in [5.74, 6) is -0.0492. The van der Waals surface area contributed by atoms with E-state index in [0.29, 0.717) is 26.5 Å². The van der Waals surface area contributed by atoms with Gasteiger partial charge in [-0.15, -0.1) is 10.2 Å². The zero-order valence-electron chi connectivity index (χ0n) is 13.2. The molecule has 4 rings (SSSR count). The van der Waals surface area contributed by atoms with Gasteiger partial charge in [-0.3, -0.25) is 10.1 Å². The summed E-state index contributed by atoms with van der Waals surface area (Å²) >= 11 is 8.46. The Morgan fingerprint density at radius 2 is 2.04 bits per heavy atom. The van der Waals surface area contributed by atoms with Crippen molar-refractivity contribution in [2.75, 3.05) is 11.1 Å². The lowest BCUT2D eigenvalue weighted by Gasteiger charge is -1.98. The molecule has 0 radical (unpaired) electrons. The maximum atomic E-state index is 12.1. The van der Waals surface area contributed by atoms with E-state index in [4.69, 9.17) is 16.0 Å². The first-order valence-electron chi connectivity index (χ1n) is 7.55. The first kappa shape index (κ1) is 17.0. The molecule has 0 saturated carbocycles. The van der Waals surface area contributed by atoms with Crippen molar-refractivity contribution in [1.29, 1.82) is 0 Å². The minimum Gasteiger partial charge on any atom is -0.431 e. The van der Waals surface area contributed by atoms with E-state index in [1.165, 1.54) is 23.1 Å². The van der Waals surface area contributed by atoms with Gasteiger partial charge in [-0.25, -0.2) is 4.98 Å². The van der Waals surface area contributed by atoms with Gasteiger partial charge >= 0.3 is 0 Å². The number of nitrogens with one attached hydrogen (secondary N) is 1. The SMILES string of the molecule is O=C(CSc1nc2cc(Cl)ccc2o1)Nc1nnc(-c2ccccc2)s1. The second kappa shape index (κ2) is 7.45. The number of nitrogens with zero attached hydrogens (tertiary/aromatic N) is 3. The van der Waals surface area contributed by atoms with Gasteiger partial charge in [-0.05, 0) is 18.2 Å². The predicted molar refractivity (Wildman–Crippen MR) is 104 cm³/mol. The number of hydrogen-bond acceptors (Lipinski definition) is 7. The molecule has 2 aromatic heterocycles. The minimum absolute atomic E-state index is 0.154. The molecule has 0 fully saturated rings. The summed E-state index contributed by atoms with van der Waals surface area (Å²) in [5.41, 5.74) is 2.26. The third-order valence-electron chi connectivity index (χ3n) is 3.35. The van der Waals surface area contributed by atoms with Crippen LogP contribution < -0.4 is 5.32 Å². The van der Waals surface area contributed by atoms with Crippen LogP contribution in [-0.2, 0) is 4.79 Å². The molecular weight excluding hydrogens is 392 g/mol. The number of amides is 1. The molecule has 2 aromatic carbocycles. The fourth-order valence-corrected chi connectivity index (χ4v) is 3.76. The second-order valence-electron chi connectivity index (χ2n) is 5.21. The van der Waals surface area contributed by atoms with Crippen LogP contribution in [0.15, 0.2) is 58.2 Å². The molecule has 0 aliphatic rings. The maximum Gasteiger partial charge on any atom is 0.257 e. The molecule has 0 spiro atoms. The quantitative estimate of drug-likeness (QED) is 0.486. The number of hydrogen-bond donors (Lipinski definition) is 1. The number of carbonyl (C=O) groups excluding carboxylic acids is 1. The van der Waals surface area contributed by atoms with Gasteiger partial charge in [0.1, 0.15) is 10.5 Å². The molecule has 0 aliphatic carbocycles. The van der Waals surface area contributed by atoms with E-state index >= 15 is 0 Å². The lowest BCUT2D eigenvalue weighted by atomic mass is 10.2. The van der Waals surface area contributed by atoms with Crippen LogP contribution in [0.3, 0.4) is 0 Å². The Kier molecular flexibility index (Phi) is 4.87. The number of benzene rings is 2. The van der Waals surface area contributed by atoms with E-state index in [-0.39, 0.29) is 11.7 Å². The highest BCUT2D eigenvalue weighted by Gasteiger charge is 2.12. The van der Waals surface area contributed by atoms with Crippen molar-refractivity contribution in [3.05, 3.63) is 53.6 Å².